The maximum Gasteiger partial charge on any atom is 0.378 e. The molecule has 0 aliphatic rings. The third kappa shape index (κ3) is 3.78. The largest absolute Gasteiger partial charge is 0.503 e. The number of aromatic nitrogens is 1. The predicted octanol–water partition coefficient (Wildman–Crippen LogP) is 2.05. The van der Waals surface area contributed by atoms with Gasteiger partial charge in [0.05, 0.1) is 13.3 Å². The van der Waals surface area contributed by atoms with Gasteiger partial charge in [-0.3, -0.25) is 4.79 Å². The molecule has 114 valence electrons. The maximum absolute atomic E-state index is 12.8. The number of hydrogen-bond donors (Lipinski definition) is 1. The molecule has 0 radical (unpaired) electrons. The summed E-state index contributed by atoms with van der Waals surface area (Å²) in [6.45, 7) is 0. The summed E-state index contributed by atoms with van der Waals surface area (Å²) in [6.07, 6.45) is 2.37. The summed E-state index contributed by atoms with van der Waals surface area (Å²) in [6, 6.07) is 5.82. The van der Waals surface area contributed by atoms with Crippen LogP contribution in [-0.4, -0.2) is 29.0 Å². The van der Waals surface area contributed by atoms with Crippen LogP contribution in [0.2, 0.25) is 0 Å². The number of aliphatic hydroxyl groups is 1. The lowest BCUT2D eigenvalue weighted by Gasteiger charge is -1.98. The zero-order valence-electron chi connectivity index (χ0n) is 11.6. The lowest BCUT2D eigenvalue weighted by atomic mass is 10.1. The molecule has 22 heavy (non-hydrogen) atoms. The first-order valence-electron chi connectivity index (χ1n) is 6.22. The molecule has 7 heteroatoms. The second-order valence-corrected chi connectivity index (χ2v) is 4.32. The Labute approximate surface area is 124 Å². The van der Waals surface area contributed by atoms with E-state index in [-0.39, 0.29) is 11.7 Å². The smallest absolute Gasteiger partial charge is 0.378 e. The average molecular weight is 305 g/mol. The third-order valence-corrected chi connectivity index (χ3v) is 2.72. The Morgan fingerprint density at radius 1 is 1.36 bits per heavy atom. The molecule has 6 nitrogen and oxygen atoms in total. The molecule has 0 fully saturated rings. The lowest BCUT2D eigenvalue weighted by Crippen LogP contribution is -2.13. The van der Waals surface area contributed by atoms with E-state index >= 15 is 0 Å². The minimum absolute atomic E-state index is 0.200. The lowest BCUT2D eigenvalue weighted by molar-refractivity contribution is -0.149. The average Bonchev–Trinajstić information content (AvgIpc) is 2.97. The minimum atomic E-state index is -1.11. The Balaban J connectivity index is 2.10. The molecule has 0 aliphatic carbocycles. The highest BCUT2D eigenvalue weighted by Crippen LogP contribution is 2.16. The molecule has 2 rings (SSSR count). The summed E-state index contributed by atoms with van der Waals surface area (Å²) in [5, 5.41) is 9.68. The molecule has 0 unspecified atom stereocenters. The van der Waals surface area contributed by atoms with Gasteiger partial charge in [-0.2, -0.15) is 0 Å². The molecular weight excluding hydrogens is 293 g/mol. The van der Waals surface area contributed by atoms with Crippen molar-refractivity contribution in [1.29, 1.82) is 0 Å². The molecule has 0 atom stereocenters. The normalized spacial score (nSPS) is 11.3. The molecule has 0 amide bonds. The molecule has 2 aromatic rings. The van der Waals surface area contributed by atoms with E-state index in [0.717, 1.165) is 12.7 Å². The zero-order valence-corrected chi connectivity index (χ0v) is 11.6. The summed E-state index contributed by atoms with van der Waals surface area (Å²) in [7, 11) is 1.05. The van der Waals surface area contributed by atoms with Crippen molar-refractivity contribution in [2.75, 3.05) is 7.11 Å². The van der Waals surface area contributed by atoms with Gasteiger partial charge in [0, 0.05) is 12.5 Å². The van der Waals surface area contributed by atoms with Crippen molar-refractivity contribution in [2.24, 2.45) is 0 Å². The highest BCUT2D eigenvalue weighted by Gasteiger charge is 2.15. The molecule has 1 N–H and O–H groups in total. The van der Waals surface area contributed by atoms with E-state index in [0.29, 0.717) is 18.3 Å². The molecule has 0 spiro atoms. The fourth-order valence-corrected chi connectivity index (χ4v) is 1.66. The van der Waals surface area contributed by atoms with Crippen LogP contribution in [0.4, 0.5) is 4.39 Å². The van der Waals surface area contributed by atoms with E-state index in [2.05, 4.69) is 9.72 Å². The molecule has 1 aromatic carbocycles. The molecular formula is C15H12FNO5. The number of oxazole rings is 1. The van der Waals surface area contributed by atoms with Gasteiger partial charge in [-0.15, -0.1) is 0 Å². The Bertz CT molecular complexity index is 718. The fourth-order valence-electron chi connectivity index (χ4n) is 1.66. The van der Waals surface area contributed by atoms with Crippen LogP contribution in [-0.2, 0) is 20.7 Å². The van der Waals surface area contributed by atoms with Gasteiger partial charge in [-0.1, -0.05) is 12.1 Å². The molecule has 0 saturated heterocycles. The molecule has 0 bridgehead atoms. The van der Waals surface area contributed by atoms with Crippen molar-refractivity contribution < 1.29 is 28.2 Å². The number of esters is 1. The van der Waals surface area contributed by atoms with Gasteiger partial charge in [0.1, 0.15) is 11.6 Å². The number of carbonyl (C=O) groups excluding carboxylic acids is 2. The van der Waals surface area contributed by atoms with E-state index in [4.69, 9.17) is 4.42 Å². The van der Waals surface area contributed by atoms with Crippen LogP contribution in [0.3, 0.4) is 0 Å². The second kappa shape index (κ2) is 6.66. The van der Waals surface area contributed by atoms with Crippen molar-refractivity contribution in [2.45, 2.75) is 6.42 Å². The van der Waals surface area contributed by atoms with E-state index < -0.39 is 17.5 Å². The number of nitrogens with zero attached hydrogens (tertiary/aromatic N) is 1. The number of ether oxygens (including phenoxy) is 1. The first-order chi connectivity index (χ1) is 10.5. The van der Waals surface area contributed by atoms with Crippen LogP contribution in [0, 0.1) is 5.82 Å². The van der Waals surface area contributed by atoms with Crippen LogP contribution < -0.4 is 0 Å². The van der Waals surface area contributed by atoms with E-state index in [9.17, 15) is 19.1 Å². The van der Waals surface area contributed by atoms with Crippen LogP contribution >= 0.6 is 0 Å². The first kappa shape index (κ1) is 15.4. The SMILES string of the molecule is COC(=O)C(=O)/C=C(\O)c1ncc(Cc2ccc(F)cc2)o1. The predicted molar refractivity (Wildman–Crippen MR) is 73.3 cm³/mol. The number of ketones is 1. The Hall–Kier alpha value is -2.96. The molecule has 0 aliphatic heterocycles. The summed E-state index contributed by atoms with van der Waals surface area (Å²) in [5.74, 6) is -2.85. The molecule has 1 aromatic heterocycles. The topological polar surface area (TPSA) is 89.6 Å². The van der Waals surface area contributed by atoms with E-state index in [1.165, 1.54) is 18.3 Å². The van der Waals surface area contributed by atoms with Gasteiger partial charge in [-0.25, -0.2) is 14.2 Å². The van der Waals surface area contributed by atoms with Gasteiger partial charge in [0.25, 0.3) is 11.7 Å². The Morgan fingerprint density at radius 3 is 2.68 bits per heavy atom. The van der Waals surface area contributed by atoms with Crippen molar-refractivity contribution in [3.8, 4) is 0 Å². The van der Waals surface area contributed by atoms with Crippen LogP contribution in [0.5, 0.6) is 0 Å². The summed E-state index contributed by atoms with van der Waals surface area (Å²) >= 11 is 0. The number of carbonyl (C=O) groups is 2. The van der Waals surface area contributed by atoms with Crippen LogP contribution in [0.1, 0.15) is 17.2 Å². The van der Waals surface area contributed by atoms with Gasteiger partial charge < -0.3 is 14.3 Å². The standard InChI is InChI=1S/C15H12FNO5/c1-21-15(20)13(19)7-12(18)14-17-8-11(22-14)6-9-2-4-10(16)5-3-9/h2-5,7-8,18H,6H2,1H3/b12-7-. The summed E-state index contributed by atoms with van der Waals surface area (Å²) in [4.78, 5) is 26.0. The minimum Gasteiger partial charge on any atom is -0.503 e. The highest BCUT2D eigenvalue weighted by molar-refractivity contribution is 6.39. The van der Waals surface area contributed by atoms with Crippen LogP contribution in [0.15, 0.2) is 41.0 Å². The number of hydrogen-bond acceptors (Lipinski definition) is 6. The maximum atomic E-state index is 12.8. The summed E-state index contributed by atoms with van der Waals surface area (Å²) < 4.78 is 22.3. The monoisotopic (exact) mass is 305 g/mol. The zero-order chi connectivity index (χ0) is 16.1. The highest BCUT2D eigenvalue weighted by atomic mass is 19.1. The first-order valence-corrected chi connectivity index (χ1v) is 6.22. The second-order valence-electron chi connectivity index (χ2n) is 4.32. The Kier molecular flexibility index (Phi) is 4.67. The molecule has 0 saturated carbocycles. The quantitative estimate of drug-likeness (QED) is 0.393. The van der Waals surface area contributed by atoms with Gasteiger partial charge in [0.15, 0.2) is 5.76 Å². The third-order valence-electron chi connectivity index (χ3n) is 2.72. The van der Waals surface area contributed by atoms with E-state index in [1.54, 1.807) is 12.1 Å². The number of aliphatic hydroxyl groups excluding tert-OH is 1. The Morgan fingerprint density at radius 2 is 2.05 bits per heavy atom. The number of methoxy groups -OCH3 is 1. The van der Waals surface area contributed by atoms with Crippen LogP contribution in [0.25, 0.3) is 5.76 Å². The van der Waals surface area contributed by atoms with Gasteiger partial charge in [0.2, 0.25) is 0 Å². The van der Waals surface area contributed by atoms with Gasteiger partial charge >= 0.3 is 5.97 Å². The van der Waals surface area contributed by atoms with Crippen molar-refractivity contribution in [3.05, 3.63) is 59.6 Å². The van der Waals surface area contributed by atoms with Crippen molar-refractivity contribution in [3.63, 3.8) is 0 Å². The summed E-state index contributed by atoms with van der Waals surface area (Å²) in [5.41, 5.74) is 0.790. The number of rotatable bonds is 5. The fraction of sp³-hybridized carbons (Fsp3) is 0.133. The number of benzene rings is 1. The van der Waals surface area contributed by atoms with Gasteiger partial charge in [-0.05, 0) is 17.7 Å². The number of halogens is 1. The van der Waals surface area contributed by atoms with Crippen molar-refractivity contribution >= 4 is 17.5 Å². The van der Waals surface area contributed by atoms with Crippen molar-refractivity contribution in [1.82, 2.24) is 4.98 Å². The molecule has 1 heterocycles. The van der Waals surface area contributed by atoms with E-state index in [1.807, 2.05) is 0 Å².